The molecule has 1 N–H and O–H groups in total. The van der Waals surface area contributed by atoms with Crippen molar-refractivity contribution in [2.45, 2.75) is 46.1 Å². The summed E-state index contributed by atoms with van der Waals surface area (Å²) in [5.41, 5.74) is 1.05. The van der Waals surface area contributed by atoms with Crippen LogP contribution in [0.4, 0.5) is 0 Å². The molecule has 0 saturated carbocycles. The topological polar surface area (TPSA) is 35.6 Å². The third-order valence-corrected chi connectivity index (χ3v) is 3.87. The Morgan fingerprint density at radius 1 is 1.25 bits per heavy atom. The first-order chi connectivity index (χ1) is 9.58. The summed E-state index contributed by atoms with van der Waals surface area (Å²) in [5.74, 6) is 0.238. The predicted octanol–water partition coefficient (Wildman–Crippen LogP) is 1.87. The van der Waals surface area contributed by atoms with E-state index in [9.17, 15) is 4.79 Å². The molecule has 1 aliphatic heterocycles. The van der Waals surface area contributed by atoms with Crippen LogP contribution in [0.25, 0.3) is 0 Å². The molecule has 0 aromatic rings. The average Bonchev–Trinajstić information content (AvgIpc) is 2.44. The average molecular weight is 281 g/mol. The Hall–Kier alpha value is -0.870. The molecular weight excluding hydrogens is 250 g/mol. The highest BCUT2D eigenvalue weighted by molar-refractivity contribution is 5.78. The summed E-state index contributed by atoms with van der Waals surface area (Å²) in [7, 11) is 0. The molecule has 0 aliphatic carbocycles. The Labute approximate surface area is 124 Å². The van der Waals surface area contributed by atoms with Gasteiger partial charge in [-0.15, -0.1) is 0 Å². The number of rotatable bonds is 8. The van der Waals surface area contributed by atoms with Crippen LogP contribution in [0.5, 0.6) is 0 Å². The third-order valence-electron chi connectivity index (χ3n) is 3.87. The highest BCUT2D eigenvalue weighted by Crippen LogP contribution is 2.13. The lowest BCUT2D eigenvalue weighted by Gasteiger charge is -2.35. The summed E-state index contributed by atoms with van der Waals surface area (Å²) in [6, 6.07) is 0.559. The SMILES string of the molecule is C=C(C)CN(CC)C(=O)CN(CCC)C1CCNCC1. The lowest BCUT2D eigenvalue weighted by molar-refractivity contribution is -0.132. The Morgan fingerprint density at radius 2 is 1.90 bits per heavy atom. The minimum absolute atomic E-state index is 0.238. The second-order valence-electron chi connectivity index (χ2n) is 5.82. The molecule has 4 nitrogen and oxygen atoms in total. The molecule has 1 amide bonds. The zero-order chi connectivity index (χ0) is 15.0. The molecule has 1 heterocycles. The van der Waals surface area contributed by atoms with Crippen molar-refractivity contribution in [3.05, 3.63) is 12.2 Å². The molecule has 20 heavy (non-hydrogen) atoms. The largest absolute Gasteiger partial charge is 0.338 e. The van der Waals surface area contributed by atoms with Crippen molar-refractivity contribution in [1.29, 1.82) is 0 Å². The van der Waals surface area contributed by atoms with Crippen molar-refractivity contribution < 1.29 is 4.79 Å². The van der Waals surface area contributed by atoms with E-state index in [0.29, 0.717) is 19.1 Å². The Balaban J connectivity index is 2.58. The van der Waals surface area contributed by atoms with Crippen LogP contribution >= 0.6 is 0 Å². The quantitative estimate of drug-likeness (QED) is 0.690. The van der Waals surface area contributed by atoms with Crippen molar-refractivity contribution in [2.75, 3.05) is 39.3 Å². The van der Waals surface area contributed by atoms with E-state index in [1.54, 1.807) is 0 Å². The Morgan fingerprint density at radius 3 is 2.40 bits per heavy atom. The molecule has 0 spiro atoms. The maximum Gasteiger partial charge on any atom is 0.237 e. The number of piperidine rings is 1. The fraction of sp³-hybridized carbons (Fsp3) is 0.812. The van der Waals surface area contributed by atoms with Crippen LogP contribution in [0.3, 0.4) is 0 Å². The molecular formula is C16H31N3O. The van der Waals surface area contributed by atoms with Gasteiger partial charge in [0, 0.05) is 19.1 Å². The van der Waals surface area contributed by atoms with E-state index in [1.807, 2.05) is 18.7 Å². The molecule has 1 saturated heterocycles. The first kappa shape index (κ1) is 17.2. The summed E-state index contributed by atoms with van der Waals surface area (Å²) < 4.78 is 0. The maximum atomic E-state index is 12.5. The fourth-order valence-electron chi connectivity index (χ4n) is 2.83. The number of nitrogens with zero attached hydrogens (tertiary/aromatic N) is 2. The molecule has 1 rings (SSSR count). The first-order valence-corrected chi connectivity index (χ1v) is 7.95. The van der Waals surface area contributed by atoms with Gasteiger partial charge in [0.15, 0.2) is 0 Å². The summed E-state index contributed by atoms with van der Waals surface area (Å²) in [4.78, 5) is 16.8. The van der Waals surface area contributed by atoms with Gasteiger partial charge in [0.05, 0.1) is 6.54 Å². The lowest BCUT2D eigenvalue weighted by Crippen LogP contribution is -2.48. The number of carbonyl (C=O) groups is 1. The summed E-state index contributed by atoms with van der Waals surface area (Å²) in [6.45, 7) is 15.3. The maximum absolute atomic E-state index is 12.5. The molecule has 0 bridgehead atoms. The summed E-state index contributed by atoms with van der Waals surface area (Å²) >= 11 is 0. The van der Waals surface area contributed by atoms with Gasteiger partial charge in [-0.2, -0.15) is 0 Å². The summed E-state index contributed by atoms with van der Waals surface area (Å²) in [5, 5.41) is 3.39. The van der Waals surface area contributed by atoms with Crippen LogP contribution in [0, 0.1) is 0 Å². The van der Waals surface area contributed by atoms with Crippen LogP contribution in [0.2, 0.25) is 0 Å². The second kappa shape index (κ2) is 9.14. The molecule has 1 aliphatic rings. The predicted molar refractivity (Wildman–Crippen MR) is 84.8 cm³/mol. The van der Waals surface area contributed by atoms with Crippen LogP contribution in [0.1, 0.15) is 40.0 Å². The number of likely N-dealkylation sites (N-methyl/N-ethyl adjacent to an activating group) is 1. The van der Waals surface area contributed by atoms with Crippen molar-refractivity contribution >= 4 is 5.91 Å². The monoisotopic (exact) mass is 281 g/mol. The Bertz CT molecular complexity index is 311. The standard InChI is InChI=1S/C16H31N3O/c1-5-11-19(15-7-9-17-10-8-15)13-16(20)18(6-2)12-14(3)4/h15,17H,3,5-13H2,1-2,4H3. The van der Waals surface area contributed by atoms with Gasteiger partial charge in [-0.25, -0.2) is 0 Å². The molecule has 1 fully saturated rings. The van der Waals surface area contributed by atoms with Crippen LogP contribution in [-0.4, -0.2) is 61.0 Å². The fourth-order valence-corrected chi connectivity index (χ4v) is 2.83. The van der Waals surface area contributed by atoms with Crippen LogP contribution in [-0.2, 0) is 4.79 Å². The highest BCUT2D eigenvalue weighted by Gasteiger charge is 2.24. The van der Waals surface area contributed by atoms with Crippen molar-refractivity contribution in [3.8, 4) is 0 Å². The van der Waals surface area contributed by atoms with Gasteiger partial charge >= 0.3 is 0 Å². The zero-order valence-corrected chi connectivity index (χ0v) is 13.5. The number of carbonyl (C=O) groups excluding carboxylic acids is 1. The van der Waals surface area contributed by atoms with Gasteiger partial charge < -0.3 is 10.2 Å². The molecule has 116 valence electrons. The minimum Gasteiger partial charge on any atom is -0.338 e. The lowest BCUT2D eigenvalue weighted by atomic mass is 10.0. The molecule has 0 aromatic carbocycles. The first-order valence-electron chi connectivity index (χ1n) is 7.95. The van der Waals surface area contributed by atoms with Gasteiger partial charge in [0.2, 0.25) is 5.91 Å². The number of amides is 1. The van der Waals surface area contributed by atoms with Crippen LogP contribution in [0.15, 0.2) is 12.2 Å². The second-order valence-corrected chi connectivity index (χ2v) is 5.82. The van der Waals surface area contributed by atoms with E-state index in [0.717, 1.165) is 51.0 Å². The van der Waals surface area contributed by atoms with E-state index in [4.69, 9.17) is 0 Å². The van der Waals surface area contributed by atoms with Crippen molar-refractivity contribution in [3.63, 3.8) is 0 Å². The minimum atomic E-state index is 0.238. The van der Waals surface area contributed by atoms with Gasteiger partial charge in [0.1, 0.15) is 0 Å². The molecule has 0 aromatic heterocycles. The van der Waals surface area contributed by atoms with E-state index in [-0.39, 0.29) is 5.91 Å². The number of nitrogens with one attached hydrogen (secondary N) is 1. The summed E-state index contributed by atoms with van der Waals surface area (Å²) in [6.07, 6.45) is 3.41. The van der Waals surface area contributed by atoms with E-state index < -0.39 is 0 Å². The van der Waals surface area contributed by atoms with E-state index in [1.165, 1.54) is 0 Å². The van der Waals surface area contributed by atoms with E-state index >= 15 is 0 Å². The third kappa shape index (κ3) is 5.63. The number of hydrogen-bond donors (Lipinski definition) is 1. The number of hydrogen-bond acceptors (Lipinski definition) is 3. The van der Waals surface area contributed by atoms with Gasteiger partial charge in [-0.3, -0.25) is 9.69 Å². The van der Waals surface area contributed by atoms with Crippen molar-refractivity contribution in [2.24, 2.45) is 0 Å². The van der Waals surface area contributed by atoms with E-state index in [2.05, 4.69) is 23.7 Å². The molecule has 0 unspecified atom stereocenters. The normalized spacial score (nSPS) is 16.4. The smallest absolute Gasteiger partial charge is 0.237 e. The van der Waals surface area contributed by atoms with Crippen molar-refractivity contribution in [1.82, 2.24) is 15.1 Å². The zero-order valence-electron chi connectivity index (χ0n) is 13.5. The Kier molecular flexibility index (Phi) is 7.85. The molecule has 0 atom stereocenters. The molecule has 4 heteroatoms. The van der Waals surface area contributed by atoms with Gasteiger partial charge in [-0.1, -0.05) is 19.1 Å². The van der Waals surface area contributed by atoms with Gasteiger partial charge in [-0.05, 0) is 52.7 Å². The molecule has 0 radical (unpaired) electrons. The van der Waals surface area contributed by atoms with Gasteiger partial charge in [0.25, 0.3) is 0 Å². The van der Waals surface area contributed by atoms with Crippen LogP contribution < -0.4 is 5.32 Å². The highest BCUT2D eigenvalue weighted by atomic mass is 16.2.